The van der Waals surface area contributed by atoms with Crippen LogP contribution in [0.5, 0.6) is 0 Å². The van der Waals surface area contributed by atoms with Crippen LogP contribution in [0.15, 0.2) is 55.6 Å². The second-order valence-corrected chi connectivity index (χ2v) is 14.5. The molecule has 0 aromatic heterocycles. The minimum absolute atomic E-state index is 0.0461. The molecular formula is C35H48BrN3O7. The van der Waals surface area contributed by atoms with Crippen LogP contribution in [-0.4, -0.2) is 93.0 Å². The van der Waals surface area contributed by atoms with Crippen LogP contribution in [0, 0.1) is 11.8 Å². The average Bonchev–Trinajstić information content (AvgIpc) is 3.61. The number of allylic oxidation sites excluding steroid dienone is 1. The van der Waals surface area contributed by atoms with Gasteiger partial charge in [0.1, 0.15) is 18.2 Å². The molecule has 1 aromatic carbocycles. The van der Waals surface area contributed by atoms with E-state index in [0.717, 1.165) is 5.56 Å². The summed E-state index contributed by atoms with van der Waals surface area (Å²) < 4.78 is 12.2. The normalized spacial score (nSPS) is 27.2. The van der Waals surface area contributed by atoms with Crippen LogP contribution in [0.4, 0.5) is 0 Å². The highest BCUT2D eigenvalue weighted by Crippen LogP contribution is 2.60. The van der Waals surface area contributed by atoms with Crippen LogP contribution in [-0.2, 0) is 28.7 Å². The highest BCUT2D eigenvalue weighted by molar-refractivity contribution is 9.09. The molecule has 1 aromatic rings. The second-order valence-electron chi connectivity index (χ2n) is 13.4. The van der Waals surface area contributed by atoms with Gasteiger partial charge in [0.05, 0.1) is 24.0 Å². The molecule has 0 saturated carbocycles. The lowest BCUT2D eigenvalue weighted by Gasteiger charge is -2.42. The Labute approximate surface area is 280 Å². The number of nitrogens with one attached hydrogen (secondary N) is 1. The molecule has 3 saturated heterocycles. The number of carbonyl (C=O) groups is 4. The maximum Gasteiger partial charge on any atom is 0.306 e. The number of nitrogens with zero attached hydrogens (tertiary/aromatic N) is 2. The number of rotatable bonds is 16. The summed E-state index contributed by atoms with van der Waals surface area (Å²) in [6, 6.07) is 7.66. The summed E-state index contributed by atoms with van der Waals surface area (Å²) in [5, 5.41) is 12.4. The molecule has 2 bridgehead atoms. The number of amides is 3. The van der Waals surface area contributed by atoms with Gasteiger partial charge in [0.15, 0.2) is 0 Å². The van der Waals surface area contributed by atoms with E-state index < -0.39 is 53.0 Å². The molecule has 1 spiro atoms. The van der Waals surface area contributed by atoms with E-state index in [0.29, 0.717) is 45.2 Å². The lowest BCUT2D eigenvalue weighted by atomic mass is 9.70. The van der Waals surface area contributed by atoms with E-state index in [2.05, 4.69) is 34.4 Å². The van der Waals surface area contributed by atoms with Gasteiger partial charge in [-0.15, -0.1) is 13.2 Å². The average molecular weight is 703 g/mol. The van der Waals surface area contributed by atoms with Crippen molar-refractivity contribution in [2.75, 3.05) is 26.3 Å². The Morgan fingerprint density at radius 1 is 1.20 bits per heavy atom. The molecule has 2 N–H and O–H groups in total. The first-order valence-corrected chi connectivity index (χ1v) is 17.1. The first-order valence-electron chi connectivity index (χ1n) is 16.2. The van der Waals surface area contributed by atoms with Gasteiger partial charge in [-0.1, -0.05) is 58.4 Å². The summed E-state index contributed by atoms with van der Waals surface area (Å²) >= 11 is 3.74. The van der Waals surface area contributed by atoms with Crippen LogP contribution in [0.2, 0.25) is 0 Å². The Morgan fingerprint density at radius 3 is 2.54 bits per heavy atom. The first kappa shape index (κ1) is 35.8. The molecule has 4 rings (SSSR count). The molecule has 0 aliphatic carbocycles. The number of halogens is 1. The molecule has 1 unspecified atom stereocenters. The second kappa shape index (κ2) is 15.3. The number of aliphatic hydroxyl groups is 1. The van der Waals surface area contributed by atoms with Crippen molar-refractivity contribution in [3.8, 4) is 0 Å². The zero-order valence-electron chi connectivity index (χ0n) is 27.2. The van der Waals surface area contributed by atoms with Crippen molar-refractivity contribution in [1.82, 2.24) is 15.1 Å². The molecule has 3 aliphatic heterocycles. The van der Waals surface area contributed by atoms with Gasteiger partial charge >= 0.3 is 5.97 Å². The zero-order chi connectivity index (χ0) is 33.6. The minimum atomic E-state index is -1.20. The molecule has 11 heteroatoms. The van der Waals surface area contributed by atoms with E-state index in [1.54, 1.807) is 22.0 Å². The number of carbonyl (C=O) groups excluding carboxylic acids is 4. The lowest BCUT2D eigenvalue weighted by molar-refractivity contribution is -0.151. The van der Waals surface area contributed by atoms with Gasteiger partial charge in [-0.25, -0.2) is 0 Å². The van der Waals surface area contributed by atoms with Gasteiger partial charge in [-0.05, 0) is 58.4 Å². The standard InChI is InChI=1S/C35H48BrN3O7/c1-6-8-17-26(41)45-22-25(23-15-11-9-12-16-23)37-31(42)27-28-32(43)38(19-13-10-14-20-40)30(35(28)21-24(36)29(27)46-35)33(44)39(18-7-2)34(3,4)5/h6-7,9,11-12,15-16,24-25,27-30,40H,1-2,8,10,13-14,17-22H2,3-5H3,(H,37,42)/t24?,25-,27+,28-,29+,30+,35-/m0/s1. The van der Waals surface area contributed by atoms with Gasteiger partial charge in [-0.2, -0.15) is 0 Å². The molecule has 3 heterocycles. The fraction of sp³-hybridized carbons (Fsp3) is 0.600. The summed E-state index contributed by atoms with van der Waals surface area (Å²) in [6.45, 7) is 13.9. The number of likely N-dealkylation sites (tertiary alicyclic amines) is 1. The van der Waals surface area contributed by atoms with Crippen molar-refractivity contribution in [3.63, 3.8) is 0 Å². The summed E-state index contributed by atoms with van der Waals surface area (Å²) in [7, 11) is 0. The number of esters is 1. The zero-order valence-corrected chi connectivity index (χ0v) is 28.7. The predicted octanol–water partition coefficient (Wildman–Crippen LogP) is 4.08. The summed E-state index contributed by atoms with van der Waals surface area (Å²) in [6.07, 6.45) is 5.63. The topological polar surface area (TPSA) is 125 Å². The third-order valence-electron chi connectivity index (χ3n) is 9.25. The molecule has 3 fully saturated rings. The van der Waals surface area contributed by atoms with E-state index in [-0.39, 0.29) is 36.3 Å². The molecule has 252 valence electrons. The highest BCUT2D eigenvalue weighted by atomic mass is 79.9. The smallest absolute Gasteiger partial charge is 0.306 e. The summed E-state index contributed by atoms with van der Waals surface area (Å²) in [5.41, 5.74) is -1.00. The van der Waals surface area contributed by atoms with E-state index in [9.17, 15) is 24.3 Å². The number of hydrogen-bond donors (Lipinski definition) is 2. The number of hydrogen-bond acceptors (Lipinski definition) is 7. The largest absolute Gasteiger partial charge is 0.463 e. The maximum absolute atomic E-state index is 14.5. The quantitative estimate of drug-likeness (QED) is 0.115. The van der Waals surface area contributed by atoms with E-state index in [4.69, 9.17) is 9.47 Å². The SMILES string of the molecule is C=CCCC(=O)OC[C@H](NC(=O)[C@H]1[C@@H]2O[C@@]3(CC2Br)[C@@H]1C(=O)N(CCCCCO)[C@@H]3C(=O)N(CC=C)C(C)(C)C)c1ccccc1. The maximum atomic E-state index is 14.5. The molecule has 7 atom stereocenters. The molecule has 3 aliphatic rings. The number of unbranched alkanes of at least 4 members (excludes halogenated alkanes) is 2. The monoisotopic (exact) mass is 701 g/mol. The number of benzene rings is 1. The van der Waals surface area contributed by atoms with Crippen LogP contribution >= 0.6 is 15.9 Å². The van der Waals surface area contributed by atoms with Crippen molar-refractivity contribution in [3.05, 3.63) is 61.2 Å². The molecule has 0 radical (unpaired) electrons. The molecule has 3 amide bonds. The lowest BCUT2D eigenvalue weighted by Crippen LogP contribution is -2.60. The van der Waals surface area contributed by atoms with Gasteiger partial charge in [-0.3, -0.25) is 19.2 Å². The van der Waals surface area contributed by atoms with Gasteiger partial charge < -0.3 is 29.7 Å². The van der Waals surface area contributed by atoms with Crippen LogP contribution in [0.1, 0.15) is 70.9 Å². The number of fused-ring (bicyclic) bond motifs is 1. The van der Waals surface area contributed by atoms with E-state index in [1.807, 2.05) is 51.1 Å². The van der Waals surface area contributed by atoms with Gasteiger partial charge in [0.25, 0.3) is 0 Å². The van der Waals surface area contributed by atoms with Crippen LogP contribution < -0.4 is 5.32 Å². The fourth-order valence-electron chi connectivity index (χ4n) is 7.13. The third-order valence-corrected chi connectivity index (χ3v) is 10.1. The van der Waals surface area contributed by atoms with Crippen LogP contribution in [0.25, 0.3) is 0 Å². The number of alkyl halides is 1. The van der Waals surface area contributed by atoms with Crippen molar-refractivity contribution >= 4 is 39.6 Å². The highest BCUT2D eigenvalue weighted by Gasteiger charge is 2.76. The number of ether oxygens (including phenoxy) is 2. The number of aliphatic hydroxyl groups excluding tert-OH is 1. The third kappa shape index (κ3) is 7.26. The molecular weight excluding hydrogens is 654 g/mol. The van der Waals surface area contributed by atoms with Gasteiger partial charge in [0.2, 0.25) is 17.7 Å². The Morgan fingerprint density at radius 2 is 1.91 bits per heavy atom. The fourth-order valence-corrected chi connectivity index (χ4v) is 8.08. The Hall–Kier alpha value is -3.02. The minimum Gasteiger partial charge on any atom is -0.463 e. The summed E-state index contributed by atoms with van der Waals surface area (Å²) in [4.78, 5) is 58.6. The van der Waals surface area contributed by atoms with Crippen LogP contribution in [0.3, 0.4) is 0 Å². The van der Waals surface area contributed by atoms with Crippen molar-refractivity contribution in [1.29, 1.82) is 0 Å². The van der Waals surface area contributed by atoms with Gasteiger partial charge in [0, 0.05) is 36.5 Å². The van der Waals surface area contributed by atoms with E-state index in [1.165, 1.54) is 0 Å². The molecule has 46 heavy (non-hydrogen) atoms. The van der Waals surface area contributed by atoms with Crippen molar-refractivity contribution < 1.29 is 33.8 Å². The van der Waals surface area contributed by atoms with E-state index >= 15 is 0 Å². The molecule has 10 nitrogen and oxygen atoms in total. The Balaban J connectivity index is 1.67. The first-order chi connectivity index (χ1) is 21.9. The Bertz CT molecular complexity index is 1280. The van der Waals surface area contributed by atoms with Crippen molar-refractivity contribution in [2.24, 2.45) is 11.8 Å². The summed E-state index contributed by atoms with van der Waals surface area (Å²) in [5.74, 6) is -3.03. The predicted molar refractivity (Wildman–Crippen MR) is 178 cm³/mol. The Kier molecular flexibility index (Phi) is 11.9. The van der Waals surface area contributed by atoms with Crippen molar-refractivity contribution in [2.45, 2.75) is 93.5 Å².